The molecule has 0 aliphatic rings. The predicted molar refractivity (Wildman–Crippen MR) is 77.9 cm³/mol. The number of hydrogen-bond acceptors (Lipinski definition) is 6. The van der Waals surface area contributed by atoms with E-state index in [0.29, 0.717) is 0 Å². The average molecular weight is 349 g/mol. The van der Waals surface area contributed by atoms with Gasteiger partial charge >= 0.3 is 11.9 Å². The fourth-order valence-electron chi connectivity index (χ4n) is 0.385. The molecule has 0 aliphatic heterocycles. The molecule has 0 aromatic heterocycles. The summed E-state index contributed by atoms with van der Waals surface area (Å²) >= 11 is 0. The molecule has 2 atom stereocenters. The lowest BCUT2D eigenvalue weighted by Crippen LogP contribution is -2.33. The lowest BCUT2D eigenvalue weighted by atomic mass is 10.4. The summed E-state index contributed by atoms with van der Waals surface area (Å²) in [5.74, 6) is -1.68. The SMILES string of the molecule is Cl.Cl.N[C@@H](CSSC[C@H](N)C(=O)O)C(=O)O.O.O. The van der Waals surface area contributed by atoms with E-state index in [1.807, 2.05) is 0 Å². The molecular formula is C6H18Cl2N2O6S2. The molecule has 0 saturated heterocycles. The van der Waals surface area contributed by atoms with Gasteiger partial charge in [-0.2, -0.15) is 0 Å². The van der Waals surface area contributed by atoms with Crippen molar-refractivity contribution < 1.29 is 30.8 Å². The van der Waals surface area contributed by atoms with Crippen LogP contribution in [0.5, 0.6) is 0 Å². The van der Waals surface area contributed by atoms with Gasteiger partial charge in [0.15, 0.2) is 0 Å². The van der Waals surface area contributed by atoms with Crippen molar-refractivity contribution in [3.8, 4) is 0 Å². The molecule has 0 aromatic rings. The number of carbonyl (C=O) groups is 2. The fourth-order valence-corrected chi connectivity index (χ4v) is 2.61. The summed E-state index contributed by atoms with van der Waals surface area (Å²) in [7, 11) is 2.41. The number of nitrogens with two attached hydrogens (primary N) is 2. The van der Waals surface area contributed by atoms with Crippen molar-refractivity contribution in [3.05, 3.63) is 0 Å². The smallest absolute Gasteiger partial charge is 0.321 e. The normalized spacial score (nSPS) is 11.4. The molecule has 18 heavy (non-hydrogen) atoms. The van der Waals surface area contributed by atoms with Gasteiger partial charge in [-0.25, -0.2) is 0 Å². The Balaban J connectivity index is -0.000000141. The second-order valence-electron chi connectivity index (χ2n) is 2.46. The third-order valence-corrected chi connectivity index (χ3v) is 3.69. The first-order valence-electron chi connectivity index (χ1n) is 3.66. The Hall–Kier alpha value is 0.0600. The summed E-state index contributed by atoms with van der Waals surface area (Å²) in [5.41, 5.74) is 10.4. The van der Waals surface area contributed by atoms with Crippen LogP contribution in [-0.2, 0) is 9.59 Å². The van der Waals surface area contributed by atoms with E-state index in [0.717, 1.165) is 0 Å². The lowest BCUT2D eigenvalue weighted by molar-refractivity contribution is -0.138. The Morgan fingerprint density at radius 3 is 1.28 bits per heavy atom. The zero-order valence-electron chi connectivity index (χ0n) is 9.07. The molecule has 0 aromatic carbocycles. The van der Waals surface area contributed by atoms with E-state index >= 15 is 0 Å². The molecule has 0 radical (unpaired) electrons. The molecule has 0 spiro atoms. The van der Waals surface area contributed by atoms with Gasteiger partial charge in [0.25, 0.3) is 0 Å². The van der Waals surface area contributed by atoms with Gasteiger partial charge < -0.3 is 32.6 Å². The molecule has 114 valence electrons. The molecule has 0 saturated carbocycles. The topological polar surface area (TPSA) is 190 Å². The van der Waals surface area contributed by atoms with Crippen molar-refractivity contribution in [2.45, 2.75) is 12.1 Å². The van der Waals surface area contributed by atoms with Gasteiger partial charge in [0.05, 0.1) is 0 Å². The highest BCUT2D eigenvalue weighted by Crippen LogP contribution is 2.22. The van der Waals surface area contributed by atoms with Crippen LogP contribution in [0, 0.1) is 0 Å². The van der Waals surface area contributed by atoms with Gasteiger partial charge in [-0.15, -0.1) is 24.8 Å². The first-order valence-corrected chi connectivity index (χ1v) is 6.15. The predicted octanol–water partition coefficient (Wildman–Crippen LogP) is -1.61. The number of halogens is 2. The molecule has 0 unspecified atom stereocenters. The molecule has 0 fully saturated rings. The van der Waals surface area contributed by atoms with Crippen molar-refractivity contribution in [3.63, 3.8) is 0 Å². The molecule has 12 heteroatoms. The number of carboxylic acid groups (broad SMARTS) is 2. The standard InChI is InChI=1S/C6H12N2O4S2.2ClH.2H2O/c7-3(5(9)10)1-13-14-2-4(8)6(11)12;;;;/h3-4H,1-2,7-8H2,(H,9,10)(H,11,12);2*1H;2*1H2/t3-,4-;;;;/m0..../s1. The molecule has 0 heterocycles. The van der Waals surface area contributed by atoms with E-state index in [2.05, 4.69) is 0 Å². The van der Waals surface area contributed by atoms with E-state index in [1.54, 1.807) is 0 Å². The van der Waals surface area contributed by atoms with Crippen LogP contribution in [0.4, 0.5) is 0 Å². The van der Waals surface area contributed by atoms with Crippen LogP contribution in [-0.4, -0.2) is 56.7 Å². The van der Waals surface area contributed by atoms with E-state index in [1.165, 1.54) is 21.6 Å². The maximum absolute atomic E-state index is 10.3. The van der Waals surface area contributed by atoms with Gasteiger partial charge in [0, 0.05) is 11.5 Å². The van der Waals surface area contributed by atoms with Crippen LogP contribution in [0.15, 0.2) is 0 Å². The second-order valence-corrected chi connectivity index (χ2v) is 5.01. The second kappa shape index (κ2) is 17.1. The number of rotatable bonds is 7. The average Bonchev–Trinajstić information content (AvgIpc) is 2.11. The van der Waals surface area contributed by atoms with Crippen LogP contribution < -0.4 is 11.5 Å². The highest BCUT2D eigenvalue weighted by Gasteiger charge is 2.14. The van der Waals surface area contributed by atoms with Crippen LogP contribution in [0.25, 0.3) is 0 Å². The van der Waals surface area contributed by atoms with E-state index in [9.17, 15) is 9.59 Å². The zero-order valence-corrected chi connectivity index (χ0v) is 12.3. The van der Waals surface area contributed by atoms with E-state index in [4.69, 9.17) is 21.7 Å². The maximum Gasteiger partial charge on any atom is 0.321 e. The number of carboxylic acids is 2. The number of hydrogen-bond donors (Lipinski definition) is 4. The van der Waals surface area contributed by atoms with Crippen molar-refractivity contribution in [2.75, 3.05) is 11.5 Å². The molecule has 8 nitrogen and oxygen atoms in total. The van der Waals surface area contributed by atoms with Crippen LogP contribution in [0.1, 0.15) is 0 Å². The molecule has 0 aliphatic carbocycles. The molecule has 0 bridgehead atoms. The van der Waals surface area contributed by atoms with E-state index < -0.39 is 24.0 Å². The van der Waals surface area contributed by atoms with Crippen LogP contribution >= 0.6 is 46.4 Å². The molecule has 0 rings (SSSR count). The van der Waals surface area contributed by atoms with Gasteiger partial charge in [0.2, 0.25) is 0 Å². The Morgan fingerprint density at radius 1 is 0.889 bits per heavy atom. The summed E-state index contributed by atoms with van der Waals surface area (Å²) in [6.07, 6.45) is 0. The van der Waals surface area contributed by atoms with Gasteiger partial charge in [-0.1, -0.05) is 21.6 Å². The fraction of sp³-hybridized carbons (Fsp3) is 0.667. The van der Waals surface area contributed by atoms with Gasteiger partial charge in [0.1, 0.15) is 12.1 Å². The third-order valence-electron chi connectivity index (χ3n) is 1.21. The summed E-state index contributed by atoms with van der Waals surface area (Å²) < 4.78 is 0. The number of aliphatic carboxylic acids is 2. The monoisotopic (exact) mass is 348 g/mol. The summed E-state index contributed by atoms with van der Waals surface area (Å²) in [4.78, 5) is 20.5. The third kappa shape index (κ3) is 16.1. The van der Waals surface area contributed by atoms with Crippen molar-refractivity contribution in [1.29, 1.82) is 0 Å². The summed E-state index contributed by atoms with van der Waals surface area (Å²) in [6, 6.07) is -1.85. The minimum Gasteiger partial charge on any atom is -0.480 e. The Bertz CT molecular complexity index is 204. The highest BCUT2D eigenvalue weighted by molar-refractivity contribution is 8.76. The van der Waals surface area contributed by atoms with Gasteiger partial charge in [-0.05, 0) is 0 Å². The first kappa shape index (κ1) is 30.8. The molecule has 0 amide bonds. The first-order chi connectivity index (χ1) is 6.45. The minimum absolute atomic E-state index is 0. The van der Waals surface area contributed by atoms with Gasteiger partial charge in [-0.3, -0.25) is 9.59 Å². The summed E-state index contributed by atoms with van der Waals surface area (Å²) in [5, 5.41) is 16.8. The molecular weight excluding hydrogens is 331 g/mol. The van der Waals surface area contributed by atoms with Crippen molar-refractivity contribution in [2.24, 2.45) is 11.5 Å². The van der Waals surface area contributed by atoms with Crippen molar-refractivity contribution in [1.82, 2.24) is 0 Å². The van der Waals surface area contributed by atoms with Crippen LogP contribution in [0.3, 0.4) is 0 Å². The quantitative estimate of drug-likeness (QED) is 0.311. The Kier molecular flexibility index (Phi) is 29.2. The Labute approximate surface area is 124 Å². The minimum atomic E-state index is -1.07. The maximum atomic E-state index is 10.3. The zero-order chi connectivity index (χ0) is 11.1. The highest BCUT2D eigenvalue weighted by atomic mass is 35.5. The molecule has 10 N–H and O–H groups in total. The largest absolute Gasteiger partial charge is 0.480 e. The van der Waals surface area contributed by atoms with E-state index in [-0.39, 0.29) is 47.3 Å². The van der Waals surface area contributed by atoms with Crippen molar-refractivity contribution >= 4 is 58.3 Å². The summed E-state index contributed by atoms with van der Waals surface area (Å²) in [6.45, 7) is 0. The van der Waals surface area contributed by atoms with Crippen LogP contribution in [0.2, 0.25) is 0 Å². The Morgan fingerprint density at radius 2 is 1.11 bits per heavy atom. The lowest BCUT2D eigenvalue weighted by Gasteiger charge is -2.07.